The van der Waals surface area contributed by atoms with Crippen LogP contribution in [-0.4, -0.2) is 0 Å². The van der Waals surface area contributed by atoms with Crippen molar-refractivity contribution in [2.24, 2.45) is 0 Å². The van der Waals surface area contributed by atoms with Crippen LogP contribution in [0.25, 0.3) is 0 Å². The average molecular weight is 454 g/mol. The van der Waals surface area contributed by atoms with Crippen molar-refractivity contribution in [1.29, 1.82) is 0 Å². The fourth-order valence-corrected chi connectivity index (χ4v) is 4.89. The van der Waals surface area contributed by atoms with Gasteiger partial charge in [-0.3, -0.25) is 0 Å². The van der Waals surface area contributed by atoms with E-state index in [0.717, 1.165) is 0 Å². The predicted octanol–water partition coefficient (Wildman–Crippen LogP) is 4.06. The van der Waals surface area contributed by atoms with E-state index in [1.54, 1.807) is 20.3 Å². The first-order valence-electron chi connectivity index (χ1n) is 6.60. The topological polar surface area (TPSA) is 0 Å². The molecule has 0 nitrogen and oxygen atoms in total. The largest absolute Gasteiger partial charge is 0.102 e. The molecule has 0 radical (unpaired) electrons. The summed E-state index contributed by atoms with van der Waals surface area (Å²) in [6.45, 7) is 0. The molecule has 0 aliphatic carbocycles. The Labute approximate surface area is 147 Å². The summed E-state index contributed by atoms with van der Waals surface area (Å²) in [5.74, 6) is 0. The van der Waals surface area contributed by atoms with Crippen LogP contribution >= 0.6 is 28.3 Å². The third-order valence-corrected chi connectivity index (χ3v) is 5.92. The maximum absolute atomic E-state index is 4.16. The Morgan fingerprint density at radius 3 is 0.952 bits per heavy atom. The van der Waals surface area contributed by atoms with Gasteiger partial charge < -0.3 is 0 Å². The molecule has 3 rings (SSSR count). The Hall–Kier alpha value is -0.661. The second-order valence-corrected chi connectivity index (χ2v) is 6.96. The minimum absolute atomic E-state index is 0.877. The number of hydrogen-bond acceptors (Lipinski definition) is 0. The maximum atomic E-state index is 4.16. The van der Waals surface area contributed by atoms with Crippen LogP contribution in [0.1, 0.15) is 0 Å². The van der Waals surface area contributed by atoms with Crippen molar-refractivity contribution in [1.82, 2.24) is 0 Å². The first-order valence-corrected chi connectivity index (χ1v) is 11.1. The van der Waals surface area contributed by atoms with E-state index in [1.165, 1.54) is 15.9 Å². The molecule has 3 aromatic rings. The zero-order chi connectivity index (χ0) is 14.9. The van der Waals surface area contributed by atoms with Crippen molar-refractivity contribution in [3.8, 4) is 0 Å². The molecule has 3 heteroatoms. The molecule has 0 aromatic heterocycles. The predicted molar refractivity (Wildman–Crippen MR) is 101 cm³/mol. The monoisotopic (exact) mass is 453 g/mol. The van der Waals surface area contributed by atoms with Crippen molar-refractivity contribution in [2.75, 3.05) is 0 Å². The molecule has 0 bridgehead atoms. The van der Waals surface area contributed by atoms with Gasteiger partial charge >= 0.3 is 33.1 Å². The van der Waals surface area contributed by atoms with Crippen molar-refractivity contribution >= 4 is 44.2 Å². The fraction of sp³-hybridized carbons (Fsp3) is 0. The van der Waals surface area contributed by atoms with Crippen LogP contribution < -0.4 is 15.9 Å². The van der Waals surface area contributed by atoms with Crippen molar-refractivity contribution < 1.29 is 12.8 Å². The molecule has 110 valence electrons. The summed E-state index contributed by atoms with van der Waals surface area (Å²) >= 11 is 5.87. The molecule has 0 heterocycles. The molecule has 21 heavy (non-hydrogen) atoms. The first kappa shape index (κ1) is 16.7. The molecule has 0 atom stereocenters. The third-order valence-electron chi connectivity index (χ3n) is 3.19. The summed E-state index contributed by atoms with van der Waals surface area (Å²) in [5, 5.41) is 4.31. The SMILES string of the molecule is [Cu][I].c1ccc([PH+](c2ccccc2)c2ccccc2)cc1. The van der Waals surface area contributed by atoms with E-state index >= 15 is 0 Å². The molecule has 0 aliphatic heterocycles. The zero-order valence-electron chi connectivity index (χ0n) is 11.3. The molecule has 0 amide bonds. The smallest absolute Gasteiger partial charge is 0.0620 e. The van der Waals surface area contributed by atoms with Crippen LogP contribution in [0, 0.1) is 0 Å². The molecule has 0 aliphatic rings. The van der Waals surface area contributed by atoms with Gasteiger partial charge in [0.1, 0.15) is 15.9 Å². The van der Waals surface area contributed by atoms with E-state index < -0.39 is 7.92 Å². The van der Waals surface area contributed by atoms with Gasteiger partial charge in [-0.25, -0.2) is 0 Å². The summed E-state index contributed by atoms with van der Waals surface area (Å²) in [7, 11) is -0.877. The molecule has 0 fully saturated rings. The minimum atomic E-state index is -0.877. The van der Waals surface area contributed by atoms with Gasteiger partial charge in [-0.05, 0) is 36.4 Å². The van der Waals surface area contributed by atoms with E-state index in [1.807, 2.05) is 0 Å². The molecular weight excluding hydrogens is 438 g/mol. The minimum Gasteiger partial charge on any atom is -0.0620 e. The van der Waals surface area contributed by atoms with E-state index in [4.69, 9.17) is 0 Å². The van der Waals surface area contributed by atoms with Crippen LogP contribution in [-0.2, 0) is 12.8 Å². The van der Waals surface area contributed by atoms with Crippen LogP contribution in [0.15, 0.2) is 91.0 Å². The third kappa shape index (κ3) is 4.66. The van der Waals surface area contributed by atoms with Crippen LogP contribution in [0.2, 0.25) is 0 Å². The van der Waals surface area contributed by atoms with Gasteiger partial charge in [0, 0.05) is 0 Å². The Morgan fingerprint density at radius 2 is 0.714 bits per heavy atom. The van der Waals surface area contributed by atoms with E-state index in [-0.39, 0.29) is 0 Å². The molecule has 3 aromatic carbocycles. The van der Waals surface area contributed by atoms with Crippen molar-refractivity contribution in [2.45, 2.75) is 0 Å². The van der Waals surface area contributed by atoms with E-state index in [2.05, 4.69) is 104 Å². The van der Waals surface area contributed by atoms with E-state index in [9.17, 15) is 0 Å². The standard InChI is InChI=1S/C18H15P.Cu.HI/c1-4-10-16(11-5-1)19(17-12-6-2-7-13-17)18-14-8-3-9-15-18;;/h1-15H;;1H/q;+1;. The normalized spacial score (nSPS) is 9.90. The Bertz CT molecular complexity index is 535. The Kier molecular flexibility index (Phi) is 7.46. The molecule has 0 unspecified atom stereocenters. The number of rotatable bonds is 3. The van der Waals surface area contributed by atoms with Gasteiger partial charge in [0.15, 0.2) is 0 Å². The second-order valence-electron chi connectivity index (χ2n) is 4.47. The van der Waals surface area contributed by atoms with Gasteiger partial charge in [-0.2, -0.15) is 0 Å². The molecule has 0 saturated carbocycles. The Morgan fingerprint density at radius 1 is 0.476 bits per heavy atom. The summed E-state index contributed by atoms with van der Waals surface area (Å²) < 4.78 is 0. The van der Waals surface area contributed by atoms with Crippen LogP contribution in [0.5, 0.6) is 0 Å². The summed E-state index contributed by atoms with van der Waals surface area (Å²) in [4.78, 5) is 0. The van der Waals surface area contributed by atoms with E-state index in [0.29, 0.717) is 0 Å². The number of benzene rings is 3. The van der Waals surface area contributed by atoms with Gasteiger partial charge in [0.25, 0.3) is 0 Å². The first-order chi connectivity index (χ1) is 10.4. The molecule has 0 N–H and O–H groups in total. The molecular formula is C18H16CuIP+. The van der Waals surface area contributed by atoms with Crippen LogP contribution in [0.4, 0.5) is 0 Å². The molecule has 0 saturated heterocycles. The van der Waals surface area contributed by atoms with Gasteiger partial charge in [0.2, 0.25) is 0 Å². The molecule has 0 spiro atoms. The summed E-state index contributed by atoms with van der Waals surface area (Å²) in [5.41, 5.74) is 0. The number of halogens is 1. The Balaban J connectivity index is 0.000000774. The van der Waals surface area contributed by atoms with Crippen molar-refractivity contribution in [3.63, 3.8) is 0 Å². The van der Waals surface area contributed by atoms with Crippen LogP contribution in [0.3, 0.4) is 0 Å². The fourth-order valence-electron chi connectivity index (χ4n) is 2.31. The summed E-state index contributed by atoms with van der Waals surface area (Å²) in [6.07, 6.45) is 0. The van der Waals surface area contributed by atoms with Gasteiger partial charge in [0.05, 0.1) is 7.92 Å². The zero-order valence-corrected chi connectivity index (χ0v) is 15.4. The summed E-state index contributed by atoms with van der Waals surface area (Å²) in [6, 6.07) is 32.5. The van der Waals surface area contributed by atoms with Crippen molar-refractivity contribution in [3.05, 3.63) is 91.0 Å². The van der Waals surface area contributed by atoms with Gasteiger partial charge in [-0.1, -0.05) is 54.6 Å². The maximum Gasteiger partial charge on any atom is 0.102 e. The second kappa shape index (κ2) is 9.38. The average Bonchev–Trinajstić information content (AvgIpc) is 2.60. The van der Waals surface area contributed by atoms with Gasteiger partial charge in [-0.15, -0.1) is 0 Å². The quantitative estimate of drug-likeness (QED) is 0.319. The number of hydrogen-bond donors (Lipinski definition) is 0.